The van der Waals surface area contributed by atoms with Crippen LogP contribution in [0.1, 0.15) is 36.8 Å². The van der Waals surface area contributed by atoms with Crippen LogP contribution in [0.15, 0.2) is 97.5 Å². The maximum atomic E-state index is 7.20. The molecule has 4 aromatic heterocycles. The van der Waals surface area contributed by atoms with E-state index in [4.69, 9.17) is 65.8 Å². The summed E-state index contributed by atoms with van der Waals surface area (Å²) in [5.41, 5.74) is 6.51. The zero-order valence-electron chi connectivity index (χ0n) is 33.5. The maximum absolute atomic E-state index is 7.20. The van der Waals surface area contributed by atoms with Crippen LogP contribution >= 0.6 is 46.4 Å². The fraction of sp³-hybridized carbons (Fsp3) is 0.304. The van der Waals surface area contributed by atoms with Crippen LogP contribution in [-0.4, -0.2) is 72.4 Å². The number of aromatic nitrogens is 4. The largest absolute Gasteiger partial charge is 0.496 e. The SMILES string of the molecule is COc1cc(-c2nccc(-c3cccc(-c4ccc(CNC5CCN(c6ncccc6Cl)CC5)c(OC)n4)c3Cl)c2Cl)ccc1CNC1CCN(c2ncccc2Cl)CC1. The average molecular weight is 885 g/mol. The fourth-order valence-electron chi connectivity index (χ4n) is 8.08. The van der Waals surface area contributed by atoms with Crippen molar-refractivity contribution in [1.82, 2.24) is 30.6 Å². The van der Waals surface area contributed by atoms with Gasteiger partial charge in [0.15, 0.2) is 0 Å². The highest BCUT2D eigenvalue weighted by molar-refractivity contribution is 6.39. The normalized spacial score (nSPS) is 15.0. The minimum absolute atomic E-state index is 0.351. The molecule has 0 aliphatic carbocycles. The lowest BCUT2D eigenvalue weighted by Gasteiger charge is -2.33. The predicted octanol–water partition coefficient (Wildman–Crippen LogP) is 10.4. The smallest absolute Gasteiger partial charge is 0.218 e. The van der Waals surface area contributed by atoms with Gasteiger partial charge in [0.1, 0.15) is 17.4 Å². The van der Waals surface area contributed by atoms with Crippen LogP contribution in [0.4, 0.5) is 11.6 Å². The lowest BCUT2D eigenvalue weighted by Crippen LogP contribution is -2.42. The molecule has 0 bridgehead atoms. The van der Waals surface area contributed by atoms with Gasteiger partial charge in [0.25, 0.3) is 0 Å². The molecule has 0 spiro atoms. The summed E-state index contributed by atoms with van der Waals surface area (Å²) in [6.07, 6.45) is 9.26. The van der Waals surface area contributed by atoms with E-state index in [1.165, 1.54) is 0 Å². The first-order valence-electron chi connectivity index (χ1n) is 20.1. The Hall–Kier alpha value is -4.68. The Morgan fingerprint density at radius 1 is 0.600 bits per heavy atom. The summed E-state index contributed by atoms with van der Waals surface area (Å²) >= 11 is 27.2. The van der Waals surface area contributed by atoms with Crippen LogP contribution in [0.3, 0.4) is 0 Å². The molecule has 14 heteroatoms. The molecule has 2 fully saturated rings. The lowest BCUT2D eigenvalue weighted by molar-refractivity contribution is 0.380. The average Bonchev–Trinajstić information content (AvgIpc) is 3.28. The van der Waals surface area contributed by atoms with Crippen LogP contribution in [0.2, 0.25) is 20.1 Å². The zero-order chi connectivity index (χ0) is 41.6. The number of nitrogens with zero attached hydrogens (tertiary/aromatic N) is 6. The standard InChI is InChI=1S/C46H46Cl4N8O2/c1-59-40-26-29(10-11-30(40)27-54-32-15-22-57(23-16-32)44-37(47)8-4-19-52-44)43-42(50)35(14-21-51-43)34-6-3-7-36(41(34)49)39-13-12-31(46(56-39)60-2)28-55-33-17-24-58(25-18-33)45-38(48)9-5-20-53-45/h3-14,19-21,26,32-33,54-55H,15-18,22-25,27-28H2,1-2H3. The van der Waals surface area contributed by atoms with E-state index in [0.29, 0.717) is 62.5 Å². The Bertz CT molecular complexity index is 2270. The molecular weight excluding hydrogens is 838 g/mol. The Morgan fingerprint density at radius 3 is 1.78 bits per heavy atom. The summed E-state index contributed by atoms with van der Waals surface area (Å²) in [6, 6.07) is 26.1. The number of piperidine rings is 2. The Morgan fingerprint density at radius 2 is 1.18 bits per heavy atom. The molecule has 2 aliphatic heterocycles. The van der Waals surface area contributed by atoms with E-state index in [2.05, 4.69) is 36.5 Å². The van der Waals surface area contributed by atoms with Gasteiger partial charge in [0, 0.05) is 103 Å². The molecule has 0 atom stereocenters. The number of rotatable bonds is 13. The first-order chi connectivity index (χ1) is 29.3. The summed E-state index contributed by atoms with van der Waals surface area (Å²) in [4.78, 5) is 23.1. The van der Waals surface area contributed by atoms with Crippen molar-refractivity contribution in [3.63, 3.8) is 0 Å². The van der Waals surface area contributed by atoms with Crippen LogP contribution in [0.5, 0.6) is 11.6 Å². The molecule has 2 saturated heterocycles. The Balaban J connectivity index is 0.929. The van der Waals surface area contributed by atoms with Crippen molar-refractivity contribution in [1.29, 1.82) is 0 Å². The van der Waals surface area contributed by atoms with Gasteiger partial charge in [-0.2, -0.15) is 0 Å². The number of hydrogen-bond acceptors (Lipinski definition) is 10. The Labute approximate surface area is 371 Å². The zero-order valence-corrected chi connectivity index (χ0v) is 36.5. The van der Waals surface area contributed by atoms with Gasteiger partial charge < -0.3 is 29.9 Å². The van der Waals surface area contributed by atoms with Gasteiger partial charge in [-0.15, -0.1) is 0 Å². The first kappa shape index (κ1) is 42.0. The highest BCUT2D eigenvalue weighted by Crippen LogP contribution is 2.42. The third kappa shape index (κ3) is 9.29. The number of nitrogens with one attached hydrogen (secondary N) is 2. The van der Waals surface area contributed by atoms with E-state index in [1.807, 2.05) is 72.8 Å². The molecule has 6 aromatic rings. The molecule has 60 heavy (non-hydrogen) atoms. The monoisotopic (exact) mass is 882 g/mol. The van der Waals surface area contributed by atoms with Gasteiger partial charge in [0.2, 0.25) is 5.88 Å². The molecule has 0 amide bonds. The van der Waals surface area contributed by atoms with Gasteiger partial charge in [-0.3, -0.25) is 4.98 Å². The minimum Gasteiger partial charge on any atom is -0.496 e. The number of anilines is 2. The molecular formula is C46H46Cl4N8O2. The highest BCUT2D eigenvalue weighted by atomic mass is 35.5. The predicted molar refractivity (Wildman–Crippen MR) is 244 cm³/mol. The van der Waals surface area contributed by atoms with Crippen molar-refractivity contribution in [2.45, 2.75) is 50.9 Å². The molecule has 310 valence electrons. The van der Waals surface area contributed by atoms with E-state index < -0.39 is 0 Å². The molecule has 8 rings (SSSR count). The summed E-state index contributed by atoms with van der Waals surface area (Å²) in [5, 5.41) is 9.81. The van der Waals surface area contributed by atoms with Crippen molar-refractivity contribution in [3.05, 3.63) is 129 Å². The minimum atomic E-state index is 0.351. The second kappa shape index (κ2) is 19.4. The van der Waals surface area contributed by atoms with Crippen LogP contribution < -0.4 is 29.9 Å². The number of hydrogen-bond donors (Lipinski definition) is 2. The number of benzene rings is 2. The summed E-state index contributed by atoms with van der Waals surface area (Å²) in [6.45, 7) is 4.83. The van der Waals surface area contributed by atoms with E-state index in [-0.39, 0.29) is 0 Å². The molecule has 10 nitrogen and oxygen atoms in total. The van der Waals surface area contributed by atoms with Crippen LogP contribution in [0.25, 0.3) is 33.6 Å². The van der Waals surface area contributed by atoms with E-state index >= 15 is 0 Å². The van der Waals surface area contributed by atoms with Crippen molar-refractivity contribution < 1.29 is 9.47 Å². The molecule has 0 radical (unpaired) electrons. The molecule has 2 aromatic carbocycles. The number of pyridine rings is 4. The number of ether oxygens (including phenoxy) is 2. The number of methoxy groups -OCH3 is 2. The van der Waals surface area contributed by atoms with Gasteiger partial charge >= 0.3 is 0 Å². The summed E-state index contributed by atoms with van der Waals surface area (Å²) in [5.74, 6) is 3.01. The molecule has 2 aliphatic rings. The summed E-state index contributed by atoms with van der Waals surface area (Å²) in [7, 11) is 3.33. The van der Waals surface area contributed by atoms with E-state index in [1.54, 1.807) is 32.8 Å². The molecule has 0 saturated carbocycles. The summed E-state index contributed by atoms with van der Waals surface area (Å²) < 4.78 is 11.7. The second-order valence-electron chi connectivity index (χ2n) is 15.0. The molecule has 2 N–H and O–H groups in total. The molecule has 0 unspecified atom stereocenters. The number of halogens is 4. The maximum Gasteiger partial charge on any atom is 0.218 e. The third-order valence-electron chi connectivity index (χ3n) is 11.4. The molecule has 6 heterocycles. The van der Waals surface area contributed by atoms with Gasteiger partial charge in [-0.1, -0.05) is 82.8 Å². The highest BCUT2D eigenvalue weighted by Gasteiger charge is 2.24. The van der Waals surface area contributed by atoms with Gasteiger partial charge in [0.05, 0.1) is 45.7 Å². The van der Waals surface area contributed by atoms with E-state index in [0.717, 1.165) is 103 Å². The van der Waals surface area contributed by atoms with Crippen molar-refractivity contribution in [3.8, 4) is 45.3 Å². The van der Waals surface area contributed by atoms with Crippen molar-refractivity contribution in [2.75, 3.05) is 50.2 Å². The van der Waals surface area contributed by atoms with Gasteiger partial charge in [-0.25, -0.2) is 15.0 Å². The quantitative estimate of drug-likeness (QED) is 0.117. The van der Waals surface area contributed by atoms with E-state index in [9.17, 15) is 0 Å². The third-order valence-corrected chi connectivity index (χ3v) is 12.8. The second-order valence-corrected chi connectivity index (χ2v) is 16.6. The lowest BCUT2D eigenvalue weighted by atomic mass is 9.99. The van der Waals surface area contributed by atoms with Crippen LogP contribution in [-0.2, 0) is 13.1 Å². The topological polar surface area (TPSA) is 101 Å². The van der Waals surface area contributed by atoms with Crippen molar-refractivity contribution in [2.24, 2.45) is 0 Å². The fourth-order valence-corrected chi connectivity index (χ4v) is 9.21. The van der Waals surface area contributed by atoms with Gasteiger partial charge in [-0.05, 0) is 68.1 Å². The first-order valence-corrected chi connectivity index (χ1v) is 21.6. The van der Waals surface area contributed by atoms with Crippen molar-refractivity contribution >= 4 is 58.0 Å². The van der Waals surface area contributed by atoms with Crippen LogP contribution in [0, 0.1) is 0 Å². The Kier molecular flexibility index (Phi) is 13.6.